The molecule has 2 heteroatoms. The van der Waals surface area contributed by atoms with Gasteiger partial charge in [-0.25, -0.2) is 0 Å². The molecule has 1 aromatic carbocycles. The second-order valence-electron chi connectivity index (χ2n) is 9.96. The molecule has 0 heterocycles. The van der Waals surface area contributed by atoms with Gasteiger partial charge in [-0.3, -0.25) is 0 Å². The van der Waals surface area contributed by atoms with Gasteiger partial charge in [-0.15, -0.1) is 0 Å². The van der Waals surface area contributed by atoms with Crippen molar-refractivity contribution < 1.29 is 10.2 Å². The molecule has 0 saturated carbocycles. The van der Waals surface area contributed by atoms with Gasteiger partial charge >= 0.3 is 0 Å². The number of rotatable bonds is 11. The van der Waals surface area contributed by atoms with Gasteiger partial charge in [-0.2, -0.15) is 0 Å². The summed E-state index contributed by atoms with van der Waals surface area (Å²) in [6.45, 7) is 13.7. The lowest BCUT2D eigenvalue weighted by atomic mass is 9.84. The predicted molar refractivity (Wildman–Crippen MR) is 113 cm³/mol. The molecule has 2 nitrogen and oxygen atoms in total. The molecule has 0 saturated heterocycles. The Morgan fingerprint density at radius 3 is 1.69 bits per heavy atom. The van der Waals surface area contributed by atoms with Crippen molar-refractivity contribution >= 4 is 0 Å². The fraction of sp³-hybridized carbons (Fsp3) is 0.750. The minimum atomic E-state index is 0.242. The maximum Gasteiger partial charge on any atom is 0.122 e. The Kier molecular flexibility index (Phi) is 9.00. The Bertz CT molecular complexity index is 538. The van der Waals surface area contributed by atoms with Crippen molar-refractivity contribution in [3.05, 3.63) is 23.3 Å². The zero-order valence-electron chi connectivity index (χ0n) is 18.1. The smallest absolute Gasteiger partial charge is 0.122 e. The molecule has 0 aromatic heterocycles. The number of aromatic hydroxyl groups is 2. The van der Waals surface area contributed by atoms with E-state index in [2.05, 4.69) is 41.5 Å². The van der Waals surface area contributed by atoms with Crippen molar-refractivity contribution in [1.29, 1.82) is 0 Å². The van der Waals surface area contributed by atoms with Crippen LogP contribution in [0.1, 0.15) is 104 Å². The molecule has 0 atom stereocenters. The molecule has 26 heavy (non-hydrogen) atoms. The molecule has 0 aliphatic heterocycles. The van der Waals surface area contributed by atoms with Gasteiger partial charge < -0.3 is 10.2 Å². The van der Waals surface area contributed by atoms with Crippen LogP contribution < -0.4 is 0 Å². The molecule has 1 rings (SSSR count). The molecule has 0 radical (unpaired) electrons. The first kappa shape index (κ1) is 22.9. The van der Waals surface area contributed by atoms with E-state index in [0.29, 0.717) is 10.8 Å². The van der Waals surface area contributed by atoms with Crippen LogP contribution in [0.4, 0.5) is 0 Å². The molecule has 2 N–H and O–H groups in total. The molecule has 0 bridgehead atoms. The topological polar surface area (TPSA) is 40.5 Å². The lowest BCUT2D eigenvalue weighted by Crippen LogP contribution is -2.08. The zero-order chi connectivity index (χ0) is 19.8. The van der Waals surface area contributed by atoms with Crippen LogP contribution in [0, 0.1) is 10.8 Å². The van der Waals surface area contributed by atoms with Crippen molar-refractivity contribution in [3.8, 4) is 11.5 Å². The molecule has 0 amide bonds. The minimum absolute atomic E-state index is 0.242. The van der Waals surface area contributed by atoms with Crippen LogP contribution in [-0.4, -0.2) is 10.2 Å². The summed E-state index contributed by atoms with van der Waals surface area (Å²) in [5.41, 5.74) is 2.79. The standard InChI is InChI=1S/C24H42O2/c1-7-24(5,6)16-11-8-9-13-19-17-20(22(26)18-21(19)25)14-10-12-15-23(2,3)4/h17-18,25-26H,7-16H2,1-6H3. The third-order valence-corrected chi connectivity index (χ3v) is 5.66. The third-order valence-electron chi connectivity index (χ3n) is 5.66. The van der Waals surface area contributed by atoms with E-state index in [9.17, 15) is 10.2 Å². The van der Waals surface area contributed by atoms with Gasteiger partial charge in [0, 0.05) is 6.07 Å². The zero-order valence-corrected chi connectivity index (χ0v) is 18.1. The lowest BCUT2D eigenvalue weighted by molar-refractivity contribution is 0.308. The van der Waals surface area contributed by atoms with Gasteiger partial charge in [0.1, 0.15) is 11.5 Å². The summed E-state index contributed by atoms with van der Waals surface area (Å²) in [7, 11) is 0. The summed E-state index contributed by atoms with van der Waals surface area (Å²) in [6, 6.07) is 3.56. The quantitative estimate of drug-likeness (QED) is 0.403. The van der Waals surface area contributed by atoms with E-state index in [1.54, 1.807) is 0 Å². The monoisotopic (exact) mass is 362 g/mol. The molecule has 1 aromatic rings. The largest absolute Gasteiger partial charge is 0.508 e. The molecule has 0 fully saturated rings. The first-order valence-electron chi connectivity index (χ1n) is 10.6. The first-order valence-corrected chi connectivity index (χ1v) is 10.6. The second kappa shape index (κ2) is 10.2. The highest BCUT2D eigenvalue weighted by Crippen LogP contribution is 2.31. The van der Waals surface area contributed by atoms with E-state index in [1.165, 1.54) is 44.6 Å². The maximum atomic E-state index is 10.2. The highest BCUT2D eigenvalue weighted by molar-refractivity contribution is 5.45. The van der Waals surface area contributed by atoms with Crippen LogP contribution in [0.15, 0.2) is 12.1 Å². The Morgan fingerprint density at radius 1 is 0.692 bits per heavy atom. The summed E-state index contributed by atoms with van der Waals surface area (Å²) in [4.78, 5) is 0. The van der Waals surface area contributed by atoms with Crippen LogP contribution in [0.25, 0.3) is 0 Å². The molecule has 0 aliphatic rings. The van der Waals surface area contributed by atoms with Crippen LogP contribution >= 0.6 is 0 Å². The maximum absolute atomic E-state index is 10.2. The van der Waals surface area contributed by atoms with Gasteiger partial charge in [0.15, 0.2) is 0 Å². The number of aryl methyl sites for hydroxylation is 2. The van der Waals surface area contributed by atoms with Gasteiger partial charge in [-0.1, -0.05) is 67.2 Å². The molecule has 150 valence electrons. The summed E-state index contributed by atoms with van der Waals surface area (Å²) >= 11 is 0. The Balaban J connectivity index is 2.48. The number of benzene rings is 1. The van der Waals surface area contributed by atoms with Crippen LogP contribution in [-0.2, 0) is 12.8 Å². The fourth-order valence-electron chi connectivity index (χ4n) is 3.32. The average Bonchev–Trinajstić information content (AvgIpc) is 2.53. The van der Waals surface area contributed by atoms with Crippen LogP contribution in [0.2, 0.25) is 0 Å². The van der Waals surface area contributed by atoms with Gasteiger partial charge in [0.05, 0.1) is 0 Å². The minimum Gasteiger partial charge on any atom is -0.508 e. The SMILES string of the molecule is CCC(C)(C)CCCCCc1cc(CCCCC(C)(C)C)c(O)cc1O. The van der Waals surface area contributed by atoms with Gasteiger partial charge in [0.25, 0.3) is 0 Å². The first-order chi connectivity index (χ1) is 12.0. The molecule has 0 aliphatic carbocycles. The molecular weight excluding hydrogens is 320 g/mol. The van der Waals surface area contributed by atoms with Crippen molar-refractivity contribution in [2.24, 2.45) is 10.8 Å². The Labute approximate surface area is 162 Å². The van der Waals surface area contributed by atoms with E-state index in [-0.39, 0.29) is 11.5 Å². The van der Waals surface area contributed by atoms with Gasteiger partial charge in [0.2, 0.25) is 0 Å². The Morgan fingerprint density at radius 2 is 1.19 bits per heavy atom. The average molecular weight is 363 g/mol. The summed E-state index contributed by atoms with van der Waals surface area (Å²) < 4.78 is 0. The lowest BCUT2D eigenvalue weighted by Gasteiger charge is -2.22. The van der Waals surface area contributed by atoms with Crippen LogP contribution in [0.5, 0.6) is 11.5 Å². The normalized spacial score (nSPS) is 12.5. The number of hydrogen-bond donors (Lipinski definition) is 2. The van der Waals surface area contributed by atoms with Crippen LogP contribution in [0.3, 0.4) is 0 Å². The number of phenols is 2. The predicted octanol–water partition coefficient (Wildman–Crippen LogP) is 7.40. The second-order valence-corrected chi connectivity index (χ2v) is 9.96. The van der Waals surface area contributed by atoms with E-state index < -0.39 is 0 Å². The molecule has 0 spiro atoms. The summed E-state index contributed by atoms with van der Waals surface area (Å²) in [6.07, 6.45) is 11.3. The summed E-state index contributed by atoms with van der Waals surface area (Å²) in [5.74, 6) is 0.488. The van der Waals surface area contributed by atoms with Crippen molar-refractivity contribution in [3.63, 3.8) is 0 Å². The highest BCUT2D eigenvalue weighted by Gasteiger charge is 2.14. The molecular formula is C24H42O2. The van der Waals surface area contributed by atoms with E-state index >= 15 is 0 Å². The highest BCUT2D eigenvalue weighted by atomic mass is 16.3. The number of phenolic OH excluding ortho intramolecular Hbond substituents is 2. The van der Waals surface area contributed by atoms with Crippen molar-refractivity contribution in [1.82, 2.24) is 0 Å². The van der Waals surface area contributed by atoms with E-state index in [4.69, 9.17) is 0 Å². The molecule has 0 unspecified atom stereocenters. The summed E-state index contributed by atoms with van der Waals surface area (Å²) in [5, 5.41) is 20.3. The third kappa shape index (κ3) is 8.96. The van der Waals surface area contributed by atoms with E-state index in [0.717, 1.165) is 36.8 Å². The number of hydrogen-bond acceptors (Lipinski definition) is 2. The number of unbranched alkanes of at least 4 members (excludes halogenated alkanes) is 3. The van der Waals surface area contributed by atoms with Gasteiger partial charge in [-0.05, 0) is 66.5 Å². The van der Waals surface area contributed by atoms with E-state index in [1.807, 2.05) is 6.07 Å². The van der Waals surface area contributed by atoms with Crippen molar-refractivity contribution in [2.75, 3.05) is 0 Å². The van der Waals surface area contributed by atoms with Crippen molar-refractivity contribution in [2.45, 2.75) is 106 Å². The Hall–Kier alpha value is -1.18. The fourth-order valence-corrected chi connectivity index (χ4v) is 3.32.